The fraction of sp³-hybridized carbons (Fsp3) is 0.474. The number of H-pyrrole nitrogens is 1. The molecule has 3 aliphatic rings. The monoisotopic (exact) mass is 324 g/mol. The number of nitrogens with zero attached hydrogens (tertiary/aromatic N) is 3. The lowest BCUT2D eigenvalue weighted by atomic mass is 9.94. The van der Waals surface area contributed by atoms with Crippen molar-refractivity contribution in [1.82, 2.24) is 20.0 Å². The maximum Gasteiger partial charge on any atom is 0.274 e. The van der Waals surface area contributed by atoms with Crippen LogP contribution in [0.25, 0.3) is 0 Å². The zero-order valence-electron chi connectivity index (χ0n) is 14.1. The molecule has 0 spiro atoms. The normalized spacial score (nSPS) is 24.1. The van der Waals surface area contributed by atoms with Crippen molar-refractivity contribution in [3.05, 3.63) is 53.3 Å². The Bertz CT molecular complexity index is 711. The lowest BCUT2D eigenvalue weighted by Crippen LogP contribution is -2.43. The molecule has 1 aromatic heterocycles. The van der Waals surface area contributed by atoms with Crippen LogP contribution >= 0.6 is 0 Å². The second-order valence-electron chi connectivity index (χ2n) is 7.16. The lowest BCUT2D eigenvalue weighted by molar-refractivity contribution is 0.0730. The van der Waals surface area contributed by atoms with Crippen molar-refractivity contribution in [2.24, 2.45) is 5.92 Å². The first-order valence-electron chi connectivity index (χ1n) is 8.78. The zero-order valence-corrected chi connectivity index (χ0v) is 14.1. The van der Waals surface area contributed by atoms with Crippen LogP contribution in [0, 0.1) is 12.8 Å². The van der Waals surface area contributed by atoms with Gasteiger partial charge in [-0.2, -0.15) is 5.10 Å². The van der Waals surface area contributed by atoms with Crippen LogP contribution in [0.2, 0.25) is 0 Å². The Kier molecular flexibility index (Phi) is 4.10. The van der Waals surface area contributed by atoms with Gasteiger partial charge in [-0.25, -0.2) is 0 Å². The Labute approximate surface area is 142 Å². The van der Waals surface area contributed by atoms with E-state index in [1.54, 1.807) is 0 Å². The third kappa shape index (κ3) is 3.08. The number of aromatic nitrogens is 2. The number of carbonyl (C=O) groups is 1. The van der Waals surface area contributed by atoms with E-state index in [1.807, 2.05) is 17.9 Å². The molecule has 126 valence electrons. The maximum absolute atomic E-state index is 12.8. The summed E-state index contributed by atoms with van der Waals surface area (Å²) >= 11 is 0. The van der Waals surface area contributed by atoms with Crippen LogP contribution in [0.5, 0.6) is 0 Å². The summed E-state index contributed by atoms with van der Waals surface area (Å²) in [7, 11) is 0. The Morgan fingerprint density at radius 3 is 2.79 bits per heavy atom. The van der Waals surface area contributed by atoms with Gasteiger partial charge in [0.1, 0.15) is 5.69 Å². The summed E-state index contributed by atoms with van der Waals surface area (Å²) in [6.45, 7) is 5.66. The number of amides is 1. The average Bonchev–Trinajstić information content (AvgIpc) is 2.83. The van der Waals surface area contributed by atoms with Crippen LogP contribution in [-0.2, 0) is 6.54 Å². The first kappa shape index (κ1) is 15.4. The molecule has 1 aromatic carbocycles. The topological polar surface area (TPSA) is 52.2 Å². The Morgan fingerprint density at radius 2 is 2.04 bits per heavy atom. The lowest BCUT2D eigenvalue weighted by Gasteiger charge is -2.36. The van der Waals surface area contributed by atoms with Crippen LogP contribution in [0.15, 0.2) is 36.4 Å². The quantitative estimate of drug-likeness (QED) is 0.943. The molecule has 3 saturated heterocycles. The number of benzene rings is 1. The SMILES string of the molecule is Cc1cc(C(=O)N2C[C@@H]3CC[C@H](C2)N(Cc2ccccc2)C3)n[nH]1. The number of aromatic amines is 1. The van der Waals surface area contributed by atoms with Gasteiger partial charge in [-0.3, -0.25) is 14.8 Å². The number of piperidine rings is 1. The molecule has 2 atom stereocenters. The molecule has 4 heterocycles. The number of carbonyl (C=O) groups excluding carboxylic acids is 1. The van der Waals surface area contributed by atoms with E-state index in [0.29, 0.717) is 17.7 Å². The van der Waals surface area contributed by atoms with E-state index < -0.39 is 0 Å². The molecule has 3 fully saturated rings. The molecule has 1 amide bonds. The van der Waals surface area contributed by atoms with Gasteiger partial charge in [0.2, 0.25) is 0 Å². The number of fused-ring (bicyclic) bond motifs is 4. The average molecular weight is 324 g/mol. The summed E-state index contributed by atoms with van der Waals surface area (Å²) < 4.78 is 0. The number of hydrogen-bond donors (Lipinski definition) is 1. The third-order valence-electron chi connectivity index (χ3n) is 5.27. The molecule has 0 aliphatic carbocycles. The van der Waals surface area contributed by atoms with Crippen molar-refractivity contribution in [2.75, 3.05) is 19.6 Å². The van der Waals surface area contributed by atoms with Crippen molar-refractivity contribution < 1.29 is 4.79 Å². The predicted octanol–water partition coefficient (Wildman–Crippen LogP) is 2.45. The van der Waals surface area contributed by atoms with Crippen LogP contribution in [0.4, 0.5) is 0 Å². The van der Waals surface area contributed by atoms with Crippen LogP contribution in [0.1, 0.15) is 34.6 Å². The van der Waals surface area contributed by atoms with Crippen LogP contribution in [-0.4, -0.2) is 51.6 Å². The third-order valence-corrected chi connectivity index (χ3v) is 5.27. The fourth-order valence-corrected chi connectivity index (χ4v) is 4.05. The standard InChI is InChI=1S/C19H24N4O/c1-14-9-18(21-20-14)19(24)23-12-16-7-8-17(13-23)22(11-16)10-15-5-3-2-4-6-15/h2-6,9,16-17H,7-8,10-13H2,1H3,(H,20,21)/t16-,17-/m1/s1. The highest BCUT2D eigenvalue weighted by molar-refractivity contribution is 5.92. The Hall–Kier alpha value is -2.14. The minimum absolute atomic E-state index is 0.0674. The number of hydrogen-bond acceptors (Lipinski definition) is 3. The Morgan fingerprint density at radius 1 is 1.21 bits per heavy atom. The number of rotatable bonds is 3. The van der Waals surface area contributed by atoms with Crippen molar-refractivity contribution in [3.8, 4) is 0 Å². The minimum Gasteiger partial charge on any atom is -0.335 e. The highest BCUT2D eigenvalue weighted by Crippen LogP contribution is 2.29. The molecule has 2 bridgehead atoms. The highest BCUT2D eigenvalue weighted by Gasteiger charge is 2.36. The second-order valence-corrected chi connectivity index (χ2v) is 7.16. The molecule has 0 unspecified atom stereocenters. The van der Waals surface area contributed by atoms with Crippen molar-refractivity contribution in [2.45, 2.75) is 32.4 Å². The van der Waals surface area contributed by atoms with Gasteiger partial charge < -0.3 is 4.90 Å². The van der Waals surface area contributed by atoms with Gasteiger partial charge >= 0.3 is 0 Å². The molecule has 5 heteroatoms. The second kappa shape index (κ2) is 6.40. The summed E-state index contributed by atoms with van der Waals surface area (Å²) in [5, 5.41) is 7.02. The maximum atomic E-state index is 12.8. The molecule has 24 heavy (non-hydrogen) atoms. The fourth-order valence-electron chi connectivity index (χ4n) is 4.05. The van der Waals surface area contributed by atoms with Gasteiger partial charge in [-0.05, 0) is 37.3 Å². The summed E-state index contributed by atoms with van der Waals surface area (Å²) in [5.74, 6) is 0.634. The molecule has 1 N–H and O–H groups in total. The van der Waals surface area contributed by atoms with Crippen molar-refractivity contribution in [3.63, 3.8) is 0 Å². The van der Waals surface area contributed by atoms with Gasteiger partial charge in [0, 0.05) is 37.9 Å². The van der Waals surface area contributed by atoms with Gasteiger partial charge in [0.15, 0.2) is 0 Å². The molecular weight excluding hydrogens is 300 g/mol. The van der Waals surface area contributed by atoms with Gasteiger partial charge in [0.05, 0.1) is 0 Å². The number of aryl methyl sites for hydroxylation is 1. The number of nitrogens with one attached hydrogen (secondary N) is 1. The zero-order chi connectivity index (χ0) is 16.5. The van der Waals surface area contributed by atoms with E-state index >= 15 is 0 Å². The largest absolute Gasteiger partial charge is 0.335 e. The summed E-state index contributed by atoms with van der Waals surface area (Å²) in [5.41, 5.74) is 2.83. The predicted molar refractivity (Wildman–Crippen MR) is 92.6 cm³/mol. The molecular formula is C19H24N4O. The van der Waals surface area contributed by atoms with Gasteiger partial charge in [0.25, 0.3) is 5.91 Å². The minimum atomic E-state index is 0.0674. The Balaban J connectivity index is 1.49. The first-order chi connectivity index (χ1) is 11.7. The van der Waals surface area contributed by atoms with Crippen molar-refractivity contribution in [1.29, 1.82) is 0 Å². The van der Waals surface area contributed by atoms with Gasteiger partial charge in [-0.15, -0.1) is 0 Å². The molecule has 5 nitrogen and oxygen atoms in total. The molecule has 0 radical (unpaired) electrons. The highest BCUT2D eigenvalue weighted by atomic mass is 16.2. The van der Waals surface area contributed by atoms with Crippen LogP contribution < -0.4 is 0 Å². The summed E-state index contributed by atoms with van der Waals surface area (Å²) in [6.07, 6.45) is 2.40. The molecule has 0 saturated carbocycles. The molecule has 2 aromatic rings. The molecule has 5 rings (SSSR count). The smallest absolute Gasteiger partial charge is 0.274 e. The summed E-state index contributed by atoms with van der Waals surface area (Å²) in [6, 6.07) is 12.9. The van der Waals surface area contributed by atoms with Crippen LogP contribution in [0.3, 0.4) is 0 Å². The van der Waals surface area contributed by atoms with E-state index in [-0.39, 0.29) is 5.91 Å². The van der Waals surface area contributed by atoms with E-state index in [9.17, 15) is 4.79 Å². The van der Waals surface area contributed by atoms with E-state index in [4.69, 9.17) is 0 Å². The summed E-state index contributed by atoms with van der Waals surface area (Å²) in [4.78, 5) is 17.4. The first-order valence-corrected chi connectivity index (χ1v) is 8.78. The van der Waals surface area contributed by atoms with E-state index in [0.717, 1.165) is 31.9 Å². The molecule has 3 aliphatic heterocycles. The van der Waals surface area contributed by atoms with E-state index in [2.05, 4.69) is 45.4 Å². The van der Waals surface area contributed by atoms with Gasteiger partial charge in [-0.1, -0.05) is 30.3 Å². The van der Waals surface area contributed by atoms with E-state index in [1.165, 1.54) is 18.4 Å². The van der Waals surface area contributed by atoms with Crippen molar-refractivity contribution >= 4 is 5.91 Å².